The lowest BCUT2D eigenvalue weighted by Gasteiger charge is -2.21. The number of methoxy groups -OCH3 is 1. The number of carbonyl (C=O) groups is 1. The fourth-order valence-electron chi connectivity index (χ4n) is 2.01. The van der Waals surface area contributed by atoms with Crippen molar-refractivity contribution < 1.29 is 13.9 Å². The molecule has 0 spiro atoms. The lowest BCUT2D eigenvalue weighted by Crippen LogP contribution is -2.27. The molecule has 0 saturated heterocycles. The molecule has 1 N–H and O–H groups in total. The van der Waals surface area contributed by atoms with Crippen molar-refractivity contribution in [2.45, 2.75) is 25.4 Å². The monoisotopic (exact) mass is 308 g/mol. The van der Waals surface area contributed by atoms with Crippen LogP contribution in [0, 0.1) is 5.82 Å². The predicted molar refractivity (Wildman–Crippen MR) is 79.4 cm³/mol. The molecule has 0 aliphatic carbocycles. The molecule has 0 saturated carbocycles. The molecule has 2 atom stereocenters. The van der Waals surface area contributed by atoms with Gasteiger partial charge in [-0.25, -0.2) is 4.39 Å². The normalized spacial score (nSPS) is 13.7. The van der Waals surface area contributed by atoms with Crippen LogP contribution in [0.3, 0.4) is 0 Å². The molecule has 2 heterocycles. The van der Waals surface area contributed by atoms with Crippen molar-refractivity contribution in [3.63, 3.8) is 0 Å². The highest BCUT2D eigenvalue weighted by atomic mass is 32.1. The molecule has 0 fully saturated rings. The van der Waals surface area contributed by atoms with Crippen LogP contribution in [0.5, 0.6) is 0 Å². The molecule has 0 aliphatic heterocycles. The van der Waals surface area contributed by atoms with Crippen LogP contribution in [0.15, 0.2) is 35.8 Å². The minimum absolute atomic E-state index is 0.109. The van der Waals surface area contributed by atoms with Crippen molar-refractivity contribution in [2.75, 3.05) is 7.11 Å². The summed E-state index contributed by atoms with van der Waals surface area (Å²) in [7, 11) is 1.37. The summed E-state index contributed by atoms with van der Waals surface area (Å²) in [4.78, 5) is 16.7. The lowest BCUT2D eigenvalue weighted by molar-refractivity contribution is -0.141. The van der Waals surface area contributed by atoms with Gasteiger partial charge in [0.15, 0.2) is 0 Å². The van der Waals surface area contributed by atoms with Gasteiger partial charge in [-0.15, -0.1) is 11.3 Å². The number of hydrogen-bond acceptors (Lipinski definition) is 5. The molecule has 0 amide bonds. The van der Waals surface area contributed by atoms with Crippen molar-refractivity contribution in [1.82, 2.24) is 10.3 Å². The summed E-state index contributed by atoms with van der Waals surface area (Å²) in [5.74, 6) is -0.643. The van der Waals surface area contributed by atoms with Crippen LogP contribution in [-0.2, 0) is 9.53 Å². The van der Waals surface area contributed by atoms with Crippen molar-refractivity contribution in [3.05, 3.63) is 52.2 Å². The number of esters is 1. The summed E-state index contributed by atoms with van der Waals surface area (Å²) in [6.07, 6.45) is 1.43. The molecule has 112 valence electrons. The number of halogens is 1. The van der Waals surface area contributed by atoms with Crippen LogP contribution in [0.4, 0.5) is 4.39 Å². The van der Waals surface area contributed by atoms with Gasteiger partial charge in [0.2, 0.25) is 0 Å². The first-order chi connectivity index (χ1) is 10.1. The van der Waals surface area contributed by atoms with E-state index < -0.39 is 0 Å². The van der Waals surface area contributed by atoms with E-state index in [0.29, 0.717) is 0 Å². The zero-order valence-corrected chi connectivity index (χ0v) is 12.7. The van der Waals surface area contributed by atoms with Crippen molar-refractivity contribution in [3.8, 4) is 0 Å². The quantitative estimate of drug-likeness (QED) is 0.832. The Kier molecular flexibility index (Phi) is 5.41. The maximum Gasteiger partial charge on any atom is 0.307 e. The Hall–Kier alpha value is -1.79. The topological polar surface area (TPSA) is 51.2 Å². The summed E-state index contributed by atoms with van der Waals surface area (Å²) in [5, 5.41) is 5.31. The largest absolute Gasteiger partial charge is 0.469 e. The number of ether oxygens (including phenoxy) is 1. The average molecular weight is 308 g/mol. The van der Waals surface area contributed by atoms with E-state index in [1.807, 2.05) is 24.4 Å². The van der Waals surface area contributed by atoms with E-state index >= 15 is 0 Å². The lowest BCUT2D eigenvalue weighted by atomic mass is 10.1. The van der Waals surface area contributed by atoms with E-state index in [2.05, 4.69) is 10.3 Å². The predicted octanol–water partition coefficient (Wildman–Crippen LogP) is 3.24. The second-order valence-corrected chi connectivity index (χ2v) is 5.62. The van der Waals surface area contributed by atoms with Gasteiger partial charge in [-0.05, 0) is 30.5 Å². The van der Waals surface area contributed by atoms with Crippen LogP contribution in [0.25, 0.3) is 0 Å². The Bertz CT molecular complexity index is 572. The first kappa shape index (κ1) is 15.6. The third-order valence-electron chi connectivity index (χ3n) is 3.13. The fourth-order valence-corrected chi connectivity index (χ4v) is 2.80. The number of nitrogens with zero attached hydrogens (tertiary/aromatic N) is 1. The molecule has 2 aromatic heterocycles. The number of hydrogen-bond donors (Lipinski definition) is 1. The maximum absolute atomic E-state index is 12.9. The zero-order valence-electron chi connectivity index (χ0n) is 11.9. The molecule has 0 bridgehead atoms. The number of nitrogens with one attached hydrogen (secondary N) is 1. The number of rotatable bonds is 6. The Morgan fingerprint density at radius 2 is 2.29 bits per heavy atom. The van der Waals surface area contributed by atoms with Crippen LogP contribution in [0.1, 0.15) is 36.0 Å². The molecule has 4 nitrogen and oxygen atoms in total. The first-order valence-corrected chi connectivity index (χ1v) is 7.46. The van der Waals surface area contributed by atoms with Crippen molar-refractivity contribution in [2.24, 2.45) is 0 Å². The molecule has 0 aliphatic rings. The second-order valence-electron chi connectivity index (χ2n) is 4.64. The van der Waals surface area contributed by atoms with Gasteiger partial charge >= 0.3 is 5.97 Å². The number of thiophene rings is 1. The smallest absolute Gasteiger partial charge is 0.307 e. The molecular weight excluding hydrogens is 291 g/mol. The van der Waals surface area contributed by atoms with Gasteiger partial charge in [-0.3, -0.25) is 9.78 Å². The average Bonchev–Trinajstić information content (AvgIpc) is 3.01. The molecule has 0 radical (unpaired) electrons. The summed E-state index contributed by atoms with van der Waals surface area (Å²) >= 11 is 1.57. The number of pyridine rings is 1. The van der Waals surface area contributed by atoms with Crippen molar-refractivity contribution >= 4 is 17.3 Å². The highest BCUT2D eigenvalue weighted by Crippen LogP contribution is 2.25. The van der Waals surface area contributed by atoms with Gasteiger partial charge in [0.25, 0.3) is 0 Å². The van der Waals surface area contributed by atoms with Crippen LogP contribution in [-0.4, -0.2) is 18.1 Å². The Morgan fingerprint density at radius 1 is 1.48 bits per heavy atom. The minimum atomic E-state index is -0.365. The highest BCUT2D eigenvalue weighted by Gasteiger charge is 2.20. The van der Waals surface area contributed by atoms with E-state index in [4.69, 9.17) is 4.74 Å². The van der Waals surface area contributed by atoms with E-state index in [0.717, 1.165) is 10.6 Å². The van der Waals surface area contributed by atoms with Gasteiger partial charge in [-0.2, -0.15) is 0 Å². The van der Waals surface area contributed by atoms with Gasteiger partial charge in [0, 0.05) is 10.9 Å². The van der Waals surface area contributed by atoms with Gasteiger partial charge < -0.3 is 10.1 Å². The molecular formula is C15H17FN2O2S. The number of carbonyl (C=O) groups excluding carboxylic acids is 1. The molecule has 2 aromatic rings. The summed E-state index contributed by atoms with van der Waals surface area (Å²) < 4.78 is 17.7. The van der Waals surface area contributed by atoms with Gasteiger partial charge in [0.1, 0.15) is 5.82 Å². The Balaban J connectivity index is 2.10. The first-order valence-electron chi connectivity index (χ1n) is 6.58. The van der Waals surface area contributed by atoms with Crippen molar-refractivity contribution in [1.29, 1.82) is 0 Å². The van der Waals surface area contributed by atoms with Gasteiger partial charge in [-0.1, -0.05) is 6.07 Å². The third-order valence-corrected chi connectivity index (χ3v) is 4.12. The highest BCUT2D eigenvalue weighted by molar-refractivity contribution is 7.10. The fraction of sp³-hybridized carbons (Fsp3) is 0.333. The molecule has 0 aromatic carbocycles. The summed E-state index contributed by atoms with van der Waals surface area (Å²) in [6, 6.07) is 6.65. The van der Waals surface area contributed by atoms with E-state index in [1.165, 1.54) is 19.4 Å². The second kappa shape index (κ2) is 7.28. The SMILES string of the molecule is COC(=O)CC(NC(C)c1ccc(F)cn1)c1cccs1. The standard InChI is InChI=1S/C15H17FN2O2S/c1-10(12-6-5-11(16)9-17-12)18-13(8-15(19)20-2)14-4-3-7-21-14/h3-7,9-10,13,18H,8H2,1-2H3. The van der Waals surface area contributed by atoms with Crippen LogP contribution in [0.2, 0.25) is 0 Å². The minimum Gasteiger partial charge on any atom is -0.469 e. The number of aromatic nitrogens is 1. The van der Waals surface area contributed by atoms with Crippen LogP contribution >= 0.6 is 11.3 Å². The Morgan fingerprint density at radius 3 is 2.86 bits per heavy atom. The molecule has 2 unspecified atom stereocenters. The molecule has 21 heavy (non-hydrogen) atoms. The maximum atomic E-state index is 12.9. The third kappa shape index (κ3) is 4.34. The zero-order chi connectivity index (χ0) is 15.2. The van der Waals surface area contributed by atoms with Crippen LogP contribution < -0.4 is 5.32 Å². The Labute approximate surface area is 127 Å². The molecule has 2 rings (SSSR count). The van der Waals surface area contributed by atoms with E-state index in [9.17, 15) is 9.18 Å². The van der Waals surface area contributed by atoms with Gasteiger partial charge in [0.05, 0.1) is 31.5 Å². The summed E-state index contributed by atoms with van der Waals surface area (Å²) in [5.41, 5.74) is 0.725. The summed E-state index contributed by atoms with van der Waals surface area (Å²) in [6.45, 7) is 1.93. The van der Waals surface area contributed by atoms with E-state index in [1.54, 1.807) is 17.4 Å². The van der Waals surface area contributed by atoms with E-state index in [-0.39, 0.29) is 30.3 Å². The molecule has 6 heteroatoms.